The molecule has 0 N–H and O–H groups in total. The lowest BCUT2D eigenvalue weighted by Crippen LogP contribution is -2.09. The van der Waals surface area contributed by atoms with Gasteiger partial charge in [0, 0.05) is 33.4 Å². The van der Waals surface area contributed by atoms with E-state index in [9.17, 15) is 0 Å². The number of nitrogens with zero attached hydrogens (tertiary/aromatic N) is 2. The molecule has 0 fully saturated rings. The van der Waals surface area contributed by atoms with Crippen LogP contribution in [0.2, 0.25) is 0 Å². The lowest BCUT2D eigenvalue weighted by molar-refractivity contribution is 1.18. The van der Waals surface area contributed by atoms with Crippen LogP contribution in [0.5, 0.6) is 0 Å². The summed E-state index contributed by atoms with van der Waals surface area (Å²) >= 11 is 0. The maximum Gasteiger partial charge on any atom is 0.0541 e. The molecule has 0 saturated carbocycles. The fourth-order valence-electron chi connectivity index (χ4n) is 7.20. The number of aromatic nitrogens is 1. The van der Waals surface area contributed by atoms with Gasteiger partial charge in [0.05, 0.1) is 16.7 Å². The lowest BCUT2D eigenvalue weighted by Gasteiger charge is -2.26. The zero-order valence-electron chi connectivity index (χ0n) is 27.5. The molecule has 1 heterocycles. The van der Waals surface area contributed by atoms with Crippen molar-refractivity contribution in [3.63, 3.8) is 0 Å². The summed E-state index contributed by atoms with van der Waals surface area (Å²) in [6.07, 6.45) is 0. The first kappa shape index (κ1) is 29.5. The van der Waals surface area contributed by atoms with Crippen LogP contribution < -0.4 is 4.90 Å². The number of anilines is 3. The van der Waals surface area contributed by atoms with Crippen LogP contribution in [-0.4, -0.2) is 4.57 Å². The Balaban J connectivity index is 1.04. The van der Waals surface area contributed by atoms with Crippen molar-refractivity contribution in [1.82, 2.24) is 4.57 Å². The molecule has 0 bridgehead atoms. The zero-order chi connectivity index (χ0) is 33.3. The first-order chi connectivity index (χ1) is 24.8. The Kier molecular flexibility index (Phi) is 7.53. The van der Waals surface area contributed by atoms with Gasteiger partial charge in [0.2, 0.25) is 0 Å². The number of benzene rings is 8. The summed E-state index contributed by atoms with van der Waals surface area (Å²) in [7, 11) is 0. The van der Waals surface area contributed by atoms with E-state index < -0.39 is 0 Å². The highest BCUT2D eigenvalue weighted by molar-refractivity contribution is 6.09. The van der Waals surface area contributed by atoms with Gasteiger partial charge in [-0.1, -0.05) is 152 Å². The van der Waals surface area contributed by atoms with Crippen LogP contribution in [0.1, 0.15) is 0 Å². The molecule has 0 amide bonds. The van der Waals surface area contributed by atoms with Gasteiger partial charge in [-0.15, -0.1) is 0 Å². The third-order valence-electron chi connectivity index (χ3n) is 9.63. The molecule has 0 aliphatic carbocycles. The maximum absolute atomic E-state index is 2.40. The third kappa shape index (κ3) is 5.34. The van der Waals surface area contributed by atoms with Crippen LogP contribution in [0.3, 0.4) is 0 Å². The van der Waals surface area contributed by atoms with E-state index in [4.69, 9.17) is 0 Å². The number of hydrogen-bond donors (Lipinski definition) is 0. The minimum Gasteiger partial charge on any atom is -0.311 e. The Labute approximate surface area is 292 Å². The van der Waals surface area contributed by atoms with E-state index in [0.717, 1.165) is 17.1 Å². The van der Waals surface area contributed by atoms with Gasteiger partial charge in [0.25, 0.3) is 0 Å². The van der Waals surface area contributed by atoms with Crippen molar-refractivity contribution in [2.24, 2.45) is 0 Å². The summed E-state index contributed by atoms with van der Waals surface area (Å²) < 4.78 is 2.40. The van der Waals surface area contributed by atoms with Crippen LogP contribution >= 0.6 is 0 Å². The summed E-state index contributed by atoms with van der Waals surface area (Å²) in [4.78, 5) is 2.31. The molecular formula is C48H34N2. The van der Waals surface area contributed by atoms with Crippen molar-refractivity contribution < 1.29 is 0 Å². The molecule has 2 heteroatoms. The van der Waals surface area contributed by atoms with Crippen LogP contribution in [0.4, 0.5) is 17.1 Å². The van der Waals surface area contributed by atoms with Crippen LogP contribution in [-0.2, 0) is 0 Å². The van der Waals surface area contributed by atoms with E-state index in [0.29, 0.717) is 0 Å². The van der Waals surface area contributed by atoms with Crippen molar-refractivity contribution in [1.29, 1.82) is 0 Å². The summed E-state index contributed by atoms with van der Waals surface area (Å²) in [5, 5.41) is 2.54. The number of rotatable bonds is 7. The number of fused-ring (bicyclic) bond motifs is 3. The first-order valence-corrected chi connectivity index (χ1v) is 17.1. The van der Waals surface area contributed by atoms with Crippen molar-refractivity contribution in [2.45, 2.75) is 0 Å². The van der Waals surface area contributed by atoms with E-state index in [1.807, 2.05) is 0 Å². The Morgan fingerprint density at radius 3 is 1.22 bits per heavy atom. The van der Waals surface area contributed by atoms with E-state index in [1.54, 1.807) is 0 Å². The lowest BCUT2D eigenvalue weighted by atomic mass is 9.98. The molecule has 0 atom stereocenters. The highest BCUT2D eigenvalue weighted by atomic mass is 15.1. The Hall–Kier alpha value is -6.64. The molecule has 1 aromatic heterocycles. The molecule has 8 aromatic carbocycles. The molecule has 0 unspecified atom stereocenters. The molecule has 236 valence electrons. The molecule has 9 aromatic rings. The number of para-hydroxylation sites is 4. The quantitative estimate of drug-likeness (QED) is 0.169. The fourth-order valence-corrected chi connectivity index (χ4v) is 7.20. The molecule has 0 radical (unpaired) electrons. The molecule has 50 heavy (non-hydrogen) atoms. The summed E-state index contributed by atoms with van der Waals surface area (Å²) in [6.45, 7) is 0. The SMILES string of the molecule is c1ccc(-c2ccc(N(c3ccccc3)c3ccc(-c4ccc(-c5ccccc5-n5c6ccccc6c6ccccc65)cc4)cc3)cc2)cc1. The van der Waals surface area contributed by atoms with Gasteiger partial charge in [0.15, 0.2) is 0 Å². The Morgan fingerprint density at radius 1 is 0.280 bits per heavy atom. The van der Waals surface area contributed by atoms with Gasteiger partial charge < -0.3 is 9.47 Å². The van der Waals surface area contributed by atoms with Gasteiger partial charge in [0.1, 0.15) is 0 Å². The second-order valence-electron chi connectivity index (χ2n) is 12.6. The normalized spacial score (nSPS) is 11.2. The Morgan fingerprint density at radius 2 is 0.660 bits per heavy atom. The van der Waals surface area contributed by atoms with Gasteiger partial charge in [-0.05, 0) is 82.4 Å². The molecule has 2 nitrogen and oxygen atoms in total. The second kappa shape index (κ2) is 12.8. The highest BCUT2D eigenvalue weighted by Gasteiger charge is 2.16. The maximum atomic E-state index is 2.40. The largest absolute Gasteiger partial charge is 0.311 e. The van der Waals surface area contributed by atoms with E-state index >= 15 is 0 Å². The van der Waals surface area contributed by atoms with Crippen molar-refractivity contribution in [3.05, 3.63) is 206 Å². The van der Waals surface area contributed by atoms with Gasteiger partial charge in [-0.3, -0.25) is 0 Å². The minimum atomic E-state index is 1.11. The topological polar surface area (TPSA) is 8.17 Å². The van der Waals surface area contributed by atoms with Crippen molar-refractivity contribution in [2.75, 3.05) is 4.90 Å². The first-order valence-electron chi connectivity index (χ1n) is 17.1. The predicted octanol–water partition coefficient (Wildman–Crippen LogP) is 13.3. The molecule has 0 aliphatic rings. The Bertz CT molecular complexity index is 2490. The van der Waals surface area contributed by atoms with Gasteiger partial charge >= 0.3 is 0 Å². The molecule has 9 rings (SSSR count). The third-order valence-corrected chi connectivity index (χ3v) is 9.63. The van der Waals surface area contributed by atoms with Gasteiger partial charge in [-0.2, -0.15) is 0 Å². The standard InChI is InChI=1S/C48H34N2/c1-3-13-35(14-4-1)37-27-31-41(32-28-37)49(40-15-5-2-6-16-40)42-33-29-38(30-34-42)36-23-25-39(26-24-36)43-17-7-10-20-46(43)50-47-21-11-8-18-44(47)45-19-9-12-22-48(45)50/h1-34H. The molecule has 0 saturated heterocycles. The molecule has 0 spiro atoms. The smallest absolute Gasteiger partial charge is 0.0541 e. The molecule has 0 aliphatic heterocycles. The minimum absolute atomic E-state index is 1.11. The molecular weight excluding hydrogens is 605 g/mol. The van der Waals surface area contributed by atoms with Crippen molar-refractivity contribution >= 4 is 38.9 Å². The fraction of sp³-hybridized carbons (Fsp3) is 0. The van der Waals surface area contributed by atoms with E-state index in [-0.39, 0.29) is 0 Å². The highest BCUT2D eigenvalue weighted by Crippen LogP contribution is 2.38. The van der Waals surface area contributed by atoms with E-state index in [2.05, 4.69) is 216 Å². The monoisotopic (exact) mass is 638 g/mol. The second-order valence-corrected chi connectivity index (χ2v) is 12.6. The van der Waals surface area contributed by atoms with Crippen molar-refractivity contribution in [3.8, 4) is 39.1 Å². The summed E-state index contributed by atoms with van der Waals surface area (Å²) in [6, 6.07) is 73.9. The van der Waals surface area contributed by atoms with E-state index in [1.165, 1.54) is 60.9 Å². The summed E-state index contributed by atoms with van der Waals surface area (Å²) in [5.41, 5.74) is 14.2. The van der Waals surface area contributed by atoms with Crippen LogP contribution in [0.25, 0.3) is 60.9 Å². The number of hydrogen-bond acceptors (Lipinski definition) is 1. The van der Waals surface area contributed by atoms with Crippen LogP contribution in [0, 0.1) is 0 Å². The average molecular weight is 639 g/mol. The predicted molar refractivity (Wildman–Crippen MR) is 212 cm³/mol. The van der Waals surface area contributed by atoms with Gasteiger partial charge in [-0.25, -0.2) is 0 Å². The summed E-state index contributed by atoms with van der Waals surface area (Å²) in [5.74, 6) is 0. The average Bonchev–Trinajstić information content (AvgIpc) is 3.54. The zero-order valence-corrected chi connectivity index (χ0v) is 27.5. The van der Waals surface area contributed by atoms with Crippen LogP contribution in [0.15, 0.2) is 206 Å².